The number of rotatable bonds is 4. The van der Waals surface area contributed by atoms with Crippen LogP contribution in [0.2, 0.25) is 0 Å². The third-order valence-electron chi connectivity index (χ3n) is 3.04. The molecule has 0 aliphatic rings. The Morgan fingerprint density at radius 2 is 1.83 bits per heavy atom. The number of benzene rings is 1. The van der Waals surface area contributed by atoms with Crippen LogP contribution in [0.5, 0.6) is 0 Å². The number of nitriles is 1. The van der Waals surface area contributed by atoms with E-state index in [0.29, 0.717) is 0 Å². The van der Waals surface area contributed by atoms with E-state index < -0.39 is 21.3 Å². The van der Waals surface area contributed by atoms with Crippen LogP contribution in [-0.4, -0.2) is 14.2 Å². The highest BCUT2D eigenvalue weighted by Crippen LogP contribution is 2.30. The first kappa shape index (κ1) is 14.7. The minimum atomic E-state index is -3.19. The first-order valence-electron chi connectivity index (χ1n) is 5.74. The number of hydrogen-bond donors (Lipinski definition) is 1. The zero-order valence-corrected chi connectivity index (χ0v) is 11.7. The van der Waals surface area contributed by atoms with Gasteiger partial charge in [-0.15, -0.1) is 0 Å². The van der Waals surface area contributed by atoms with Crippen molar-refractivity contribution in [3.05, 3.63) is 29.8 Å². The van der Waals surface area contributed by atoms with Gasteiger partial charge in [0, 0.05) is 6.04 Å². The smallest absolute Gasteiger partial charge is 0.178 e. The molecule has 0 bridgehead atoms. The molecular weight excluding hydrogens is 248 g/mol. The lowest BCUT2D eigenvalue weighted by molar-refractivity contribution is 0.393. The Morgan fingerprint density at radius 3 is 2.22 bits per heavy atom. The lowest BCUT2D eigenvalue weighted by Crippen LogP contribution is -2.27. The molecule has 0 aromatic heterocycles. The van der Waals surface area contributed by atoms with Gasteiger partial charge in [0.05, 0.1) is 22.1 Å². The Bertz CT molecular complexity index is 554. The molecule has 1 aromatic carbocycles. The van der Waals surface area contributed by atoms with Gasteiger partial charge >= 0.3 is 0 Å². The maximum Gasteiger partial charge on any atom is 0.178 e. The van der Waals surface area contributed by atoms with E-state index in [4.69, 9.17) is 11.0 Å². The summed E-state index contributed by atoms with van der Waals surface area (Å²) in [7, 11) is -3.19. The van der Waals surface area contributed by atoms with Gasteiger partial charge in [-0.3, -0.25) is 0 Å². The second-order valence-electron chi connectivity index (χ2n) is 4.78. The van der Waals surface area contributed by atoms with Crippen LogP contribution in [0.25, 0.3) is 0 Å². The van der Waals surface area contributed by atoms with Crippen LogP contribution in [0.4, 0.5) is 0 Å². The van der Waals surface area contributed by atoms with Crippen LogP contribution in [0, 0.1) is 16.7 Å². The molecule has 0 saturated heterocycles. The van der Waals surface area contributed by atoms with E-state index in [9.17, 15) is 8.42 Å². The summed E-state index contributed by atoms with van der Waals surface area (Å²) in [6, 6.07) is 8.14. The Morgan fingerprint density at radius 1 is 1.33 bits per heavy atom. The Kier molecular flexibility index (Phi) is 4.15. The zero-order valence-electron chi connectivity index (χ0n) is 10.8. The topological polar surface area (TPSA) is 83.9 Å². The molecule has 98 valence electrons. The van der Waals surface area contributed by atoms with E-state index in [1.165, 1.54) is 0 Å². The molecule has 0 aliphatic heterocycles. The summed E-state index contributed by atoms with van der Waals surface area (Å²) < 4.78 is 23.3. The van der Waals surface area contributed by atoms with Crippen molar-refractivity contribution in [2.24, 2.45) is 11.1 Å². The van der Waals surface area contributed by atoms with Crippen molar-refractivity contribution in [3.63, 3.8) is 0 Å². The third kappa shape index (κ3) is 2.89. The summed E-state index contributed by atoms with van der Waals surface area (Å²) >= 11 is 0. The van der Waals surface area contributed by atoms with Crippen molar-refractivity contribution in [3.8, 4) is 6.07 Å². The monoisotopic (exact) mass is 266 g/mol. The minimum Gasteiger partial charge on any atom is -0.323 e. The molecule has 0 amide bonds. The van der Waals surface area contributed by atoms with E-state index >= 15 is 0 Å². The van der Waals surface area contributed by atoms with E-state index in [1.807, 2.05) is 0 Å². The van der Waals surface area contributed by atoms with Crippen molar-refractivity contribution in [1.82, 2.24) is 0 Å². The van der Waals surface area contributed by atoms with E-state index in [-0.39, 0.29) is 10.6 Å². The van der Waals surface area contributed by atoms with E-state index in [1.54, 1.807) is 45.0 Å². The van der Waals surface area contributed by atoms with Gasteiger partial charge in [0.1, 0.15) is 0 Å². The van der Waals surface area contributed by atoms with Gasteiger partial charge in [0.15, 0.2) is 9.84 Å². The van der Waals surface area contributed by atoms with Gasteiger partial charge in [-0.05, 0) is 31.5 Å². The molecule has 0 aliphatic carbocycles. The molecule has 1 rings (SSSR count). The van der Waals surface area contributed by atoms with Gasteiger partial charge in [0.2, 0.25) is 0 Å². The lowest BCUT2D eigenvalue weighted by atomic mass is 9.82. The predicted molar refractivity (Wildman–Crippen MR) is 70.5 cm³/mol. The maximum atomic E-state index is 11.7. The van der Waals surface area contributed by atoms with E-state index in [0.717, 1.165) is 5.56 Å². The highest BCUT2D eigenvalue weighted by atomic mass is 32.2. The molecule has 4 nitrogen and oxygen atoms in total. The average molecular weight is 266 g/mol. The maximum absolute atomic E-state index is 11.7. The molecule has 0 saturated carbocycles. The molecule has 0 fully saturated rings. The second-order valence-corrected chi connectivity index (χ2v) is 7.06. The molecule has 2 N–H and O–H groups in total. The Labute approximate surface area is 108 Å². The molecule has 18 heavy (non-hydrogen) atoms. The zero-order chi connectivity index (χ0) is 14.0. The molecule has 5 heteroatoms. The summed E-state index contributed by atoms with van der Waals surface area (Å²) in [4.78, 5) is 0.288. The summed E-state index contributed by atoms with van der Waals surface area (Å²) in [6.45, 7) is 5.12. The predicted octanol–water partition coefficient (Wildman–Crippen LogP) is 2.03. The van der Waals surface area contributed by atoms with Crippen molar-refractivity contribution in [2.75, 3.05) is 5.75 Å². The average Bonchev–Trinajstić information content (AvgIpc) is 2.38. The van der Waals surface area contributed by atoms with Crippen LogP contribution in [0.1, 0.15) is 32.4 Å². The summed E-state index contributed by atoms with van der Waals surface area (Å²) in [5.41, 5.74) is 6.07. The SMILES string of the molecule is CCS(=O)(=O)c1ccc(C(N)C(C)(C)C#N)cc1. The van der Waals surface area contributed by atoms with Crippen LogP contribution in [0.3, 0.4) is 0 Å². The molecule has 0 radical (unpaired) electrons. The van der Waals surface area contributed by atoms with Crippen molar-refractivity contribution in [2.45, 2.75) is 31.7 Å². The van der Waals surface area contributed by atoms with Gasteiger partial charge < -0.3 is 5.73 Å². The highest BCUT2D eigenvalue weighted by molar-refractivity contribution is 7.91. The van der Waals surface area contributed by atoms with Crippen molar-refractivity contribution >= 4 is 9.84 Å². The lowest BCUT2D eigenvalue weighted by Gasteiger charge is -2.24. The van der Waals surface area contributed by atoms with Gasteiger partial charge in [-0.25, -0.2) is 8.42 Å². The molecule has 1 atom stereocenters. The van der Waals surface area contributed by atoms with Crippen molar-refractivity contribution in [1.29, 1.82) is 5.26 Å². The fraction of sp³-hybridized carbons (Fsp3) is 0.462. The molecule has 1 unspecified atom stereocenters. The standard InChI is InChI=1S/C13H18N2O2S/c1-4-18(16,17)11-7-5-10(6-8-11)12(15)13(2,3)9-14/h5-8,12H,4,15H2,1-3H3. The molecule has 0 heterocycles. The Hall–Kier alpha value is -1.38. The first-order chi connectivity index (χ1) is 8.24. The molecule has 1 aromatic rings. The van der Waals surface area contributed by atoms with Crippen LogP contribution in [-0.2, 0) is 9.84 Å². The first-order valence-corrected chi connectivity index (χ1v) is 7.39. The third-order valence-corrected chi connectivity index (χ3v) is 4.79. The summed E-state index contributed by atoms with van der Waals surface area (Å²) in [5.74, 6) is 0.0715. The van der Waals surface area contributed by atoms with Crippen LogP contribution >= 0.6 is 0 Å². The fourth-order valence-electron chi connectivity index (χ4n) is 1.54. The minimum absolute atomic E-state index is 0.0715. The van der Waals surface area contributed by atoms with Crippen molar-refractivity contribution < 1.29 is 8.42 Å². The summed E-state index contributed by atoms with van der Waals surface area (Å²) in [6.07, 6.45) is 0. The Balaban J connectivity index is 3.09. The van der Waals surface area contributed by atoms with Crippen LogP contribution < -0.4 is 5.73 Å². The van der Waals surface area contributed by atoms with Crippen LogP contribution in [0.15, 0.2) is 29.2 Å². The number of sulfone groups is 1. The summed E-state index contributed by atoms with van der Waals surface area (Å²) in [5, 5.41) is 9.02. The quantitative estimate of drug-likeness (QED) is 0.903. The largest absolute Gasteiger partial charge is 0.323 e. The normalized spacial score (nSPS) is 13.9. The second kappa shape index (κ2) is 5.09. The molecule has 0 spiro atoms. The van der Waals surface area contributed by atoms with Gasteiger partial charge in [-0.2, -0.15) is 5.26 Å². The molecular formula is C13H18N2O2S. The van der Waals surface area contributed by atoms with E-state index in [2.05, 4.69) is 6.07 Å². The number of nitrogens with two attached hydrogens (primary N) is 1. The van der Waals surface area contributed by atoms with Gasteiger partial charge in [0.25, 0.3) is 0 Å². The fourth-order valence-corrected chi connectivity index (χ4v) is 2.42. The number of nitrogens with zero attached hydrogens (tertiary/aromatic N) is 1. The number of hydrogen-bond acceptors (Lipinski definition) is 4. The highest BCUT2D eigenvalue weighted by Gasteiger charge is 2.27. The van der Waals surface area contributed by atoms with Gasteiger partial charge in [-0.1, -0.05) is 19.1 Å².